The Morgan fingerprint density at radius 1 is 1.11 bits per heavy atom. The highest BCUT2D eigenvalue weighted by atomic mass is 16.2. The number of carbonyl (C=O) groups is 1. The Kier molecular flexibility index (Phi) is 5.76. The lowest BCUT2D eigenvalue weighted by molar-refractivity contribution is 0.136. The average Bonchev–Trinajstić information content (AvgIpc) is 2.87. The molecule has 2 fully saturated rings. The van der Waals surface area contributed by atoms with Gasteiger partial charge in [0.2, 0.25) is 0 Å². The summed E-state index contributed by atoms with van der Waals surface area (Å²) in [5.41, 5.74) is 0. The molecular weight excluding hydrogens is 228 g/mol. The Hall–Kier alpha value is -1.44. The number of rotatable bonds is 0. The molecule has 2 aliphatic rings. The molecule has 2 heterocycles. The van der Waals surface area contributed by atoms with Crippen molar-refractivity contribution in [3.05, 3.63) is 0 Å². The van der Waals surface area contributed by atoms with Crippen LogP contribution >= 0.6 is 0 Å². The van der Waals surface area contributed by atoms with E-state index in [1.165, 1.54) is 0 Å². The van der Waals surface area contributed by atoms with Crippen molar-refractivity contribution in [2.24, 2.45) is 5.92 Å². The molecule has 0 aromatic heterocycles. The van der Waals surface area contributed by atoms with Crippen LogP contribution in [0.1, 0.15) is 27.2 Å². The predicted octanol–water partition coefficient (Wildman–Crippen LogP) is 1.57. The van der Waals surface area contributed by atoms with Gasteiger partial charge in [0.05, 0.1) is 0 Å². The largest absolute Gasteiger partial charge is 0.324 e. The minimum absolute atomic E-state index is 0.155. The lowest BCUT2D eigenvalue weighted by Crippen LogP contribution is -2.51. The number of nitriles is 1. The van der Waals surface area contributed by atoms with Crippen LogP contribution in [0.25, 0.3) is 0 Å². The zero-order valence-corrected chi connectivity index (χ0v) is 11.7. The van der Waals surface area contributed by atoms with E-state index in [1.54, 1.807) is 4.90 Å². The van der Waals surface area contributed by atoms with E-state index in [4.69, 9.17) is 5.26 Å². The monoisotopic (exact) mass is 252 g/mol. The summed E-state index contributed by atoms with van der Waals surface area (Å²) in [7, 11) is 0. The van der Waals surface area contributed by atoms with Gasteiger partial charge in [-0.1, -0.05) is 20.8 Å². The van der Waals surface area contributed by atoms with Crippen LogP contribution in [0.5, 0.6) is 0 Å². The van der Waals surface area contributed by atoms with E-state index in [9.17, 15) is 4.79 Å². The van der Waals surface area contributed by atoms with E-state index >= 15 is 0 Å². The third-order valence-electron chi connectivity index (χ3n) is 3.39. The fraction of sp³-hybridized carbons (Fsp3) is 0.846. The van der Waals surface area contributed by atoms with Gasteiger partial charge in [-0.25, -0.2) is 4.79 Å². The number of likely N-dealkylation sites (tertiary alicyclic amines) is 1. The van der Waals surface area contributed by atoms with Gasteiger partial charge >= 0.3 is 6.03 Å². The minimum Gasteiger partial charge on any atom is -0.324 e. The Morgan fingerprint density at radius 3 is 2.17 bits per heavy atom. The summed E-state index contributed by atoms with van der Waals surface area (Å²) in [4.78, 5) is 17.6. The maximum absolute atomic E-state index is 12.1. The second-order valence-corrected chi connectivity index (χ2v) is 4.70. The maximum atomic E-state index is 12.1. The fourth-order valence-corrected chi connectivity index (χ4v) is 2.31. The Labute approximate surface area is 110 Å². The van der Waals surface area contributed by atoms with Crippen molar-refractivity contribution in [3.8, 4) is 6.19 Å². The molecule has 0 spiro atoms. The molecule has 0 aromatic carbocycles. The van der Waals surface area contributed by atoms with Gasteiger partial charge in [-0.05, 0) is 12.3 Å². The summed E-state index contributed by atoms with van der Waals surface area (Å²) < 4.78 is 0. The molecule has 0 aliphatic carbocycles. The quantitative estimate of drug-likeness (QED) is 0.615. The first-order valence-electron chi connectivity index (χ1n) is 6.89. The maximum Gasteiger partial charge on any atom is 0.320 e. The van der Waals surface area contributed by atoms with Crippen LogP contribution < -0.4 is 0 Å². The molecule has 0 saturated carbocycles. The van der Waals surface area contributed by atoms with Crippen molar-refractivity contribution in [1.82, 2.24) is 14.7 Å². The van der Waals surface area contributed by atoms with E-state index in [-0.39, 0.29) is 6.03 Å². The number of amides is 2. The first-order chi connectivity index (χ1) is 8.70. The molecule has 0 bridgehead atoms. The SMILES string of the molecule is CC.CC1CCN(C(=O)N2CCN(C#N)CC2)C1. The zero-order chi connectivity index (χ0) is 13.5. The molecule has 2 rings (SSSR count). The number of hydrogen-bond acceptors (Lipinski definition) is 3. The van der Waals surface area contributed by atoms with Crippen LogP contribution in [-0.4, -0.2) is 60.0 Å². The lowest BCUT2D eigenvalue weighted by atomic mass is 10.2. The number of nitrogens with zero attached hydrogens (tertiary/aromatic N) is 4. The summed E-state index contributed by atoms with van der Waals surface area (Å²) in [5, 5.41) is 8.72. The molecule has 2 amide bonds. The summed E-state index contributed by atoms with van der Waals surface area (Å²) in [6.45, 7) is 10.7. The molecule has 18 heavy (non-hydrogen) atoms. The molecule has 2 aliphatic heterocycles. The van der Waals surface area contributed by atoms with Gasteiger partial charge in [0, 0.05) is 39.3 Å². The molecule has 1 unspecified atom stereocenters. The topological polar surface area (TPSA) is 50.6 Å². The normalized spacial score (nSPS) is 23.2. The van der Waals surface area contributed by atoms with Crippen molar-refractivity contribution in [2.75, 3.05) is 39.3 Å². The molecule has 2 saturated heterocycles. The Morgan fingerprint density at radius 2 is 1.72 bits per heavy atom. The first kappa shape index (κ1) is 14.6. The summed E-state index contributed by atoms with van der Waals surface area (Å²) in [5.74, 6) is 0.629. The van der Waals surface area contributed by atoms with Crippen molar-refractivity contribution >= 4 is 6.03 Å². The van der Waals surface area contributed by atoms with E-state index in [0.717, 1.165) is 19.5 Å². The van der Waals surface area contributed by atoms with E-state index in [1.807, 2.05) is 23.6 Å². The highest BCUT2D eigenvalue weighted by Crippen LogP contribution is 2.17. The van der Waals surface area contributed by atoms with Crippen LogP contribution in [-0.2, 0) is 0 Å². The molecule has 0 aromatic rings. The predicted molar refractivity (Wildman–Crippen MR) is 70.9 cm³/mol. The molecule has 5 heteroatoms. The van der Waals surface area contributed by atoms with Gasteiger partial charge in [-0.2, -0.15) is 5.26 Å². The summed E-state index contributed by atoms with van der Waals surface area (Å²) in [6.07, 6.45) is 3.24. The van der Waals surface area contributed by atoms with Crippen LogP contribution in [0.15, 0.2) is 0 Å². The average molecular weight is 252 g/mol. The minimum atomic E-state index is 0.155. The van der Waals surface area contributed by atoms with Crippen LogP contribution in [0.3, 0.4) is 0 Å². The standard InChI is InChI=1S/C11H18N4O.C2H6/c1-10-2-3-15(8-10)11(16)14-6-4-13(9-12)5-7-14;1-2/h10H,2-8H2,1H3;1-2H3. The third-order valence-corrected chi connectivity index (χ3v) is 3.39. The number of carbonyl (C=O) groups excluding carboxylic acids is 1. The van der Waals surface area contributed by atoms with Crippen molar-refractivity contribution in [3.63, 3.8) is 0 Å². The molecule has 102 valence electrons. The second kappa shape index (κ2) is 7.10. The fourth-order valence-electron chi connectivity index (χ4n) is 2.31. The lowest BCUT2D eigenvalue weighted by Gasteiger charge is -2.34. The van der Waals surface area contributed by atoms with Gasteiger partial charge in [0.15, 0.2) is 6.19 Å². The van der Waals surface area contributed by atoms with Crippen LogP contribution in [0.2, 0.25) is 0 Å². The smallest absolute Gasteiger partial charge is 0.320 e. The van der Waals surface area contributed by atoms with Crippen LogP contribution in [0.4, 0.5) is 4.79 Å². The van der Waals surface area contributed by atoms with E-state index in [2.05, 4.69) is 13.1 Å². The highest BCUT2D eigenvalue weighted by Gasteiger charge is 2.28. The first-order valence-corrected chi connectivity index (χ1v) is 6.89. The summed E-state index contributed by atoms with van der Waals surface area (Å²) in [6, 6.07) is 0.155. The number of piperazine rings is 1. The van der Waals surface area contributed by atoms with E-state index < -0.39 is 0 Å². The van der Waals surface area contributed by atoms with Gasteiger partial charge in [0.1, 0.15) is 0 Å². The van der Waals surface area contributed by atoms with Gasteiger partial charge in [-0.3, -0.25) is 0 Å². The van der Waals surface area contributed by atoms with Crippen molar-refractivity contribution in [1.29, 1.82) is 5.26 Å². The molecule has 5 nitrogen and oxygen atoms in total. The number of urea groups is 1. The molecular formula is C13H24N4O. The number of hydrogen-bond donors (Lipinski definition) is 0. The third kappa shape index (κ3) is 3.52. The van der Waals surface area contributed by atoms with Crippen LogP contribution in [0, 0.1) is 17.4 Å². The highest BCUT2D eigenvalue weighted by molar-refractivity contribution is 5.74. The van der Waals surface area contributed by atoms with Gasteiger partial charge in [0.25, 0.3) is 0 Å². The van der Waals surface area contributed by atoms with Crippen molar-refractivity contribution in [2.45, 2.75) is 27.2 Å². The molecule has 0 radical (unpaired) electrons. The summed E-state index contributed by atoms with van der Waals surface area (Å²) >= 11 is 0. The zero-order valence-electron chi connectivity index (χ0n) is 11.7. The Balaban J connectivity index is 0.000000771. The van der Waals surface area contributed by atoms with E-state index in [0.29, 0.717) is 32.1 Å². The molecule has 0 N–H and O–H groups in total. The molecule has 1 atom stereocenters. The second-order valence-electron chi connectivity index (χ2n) is 4.70. The van der Waals surface area contributed by atoms with Gasteiger partial charge in [-0.15, -0.1) is 0 Å². The van der Waals surface area contributed by atoms with Crippen molar-refractivity contribution < 1.29 is 4.79 Å². The van der Waals surface area contributed by atoms with Gasteiger partial charge < -0.3 is 14.7 Å². The Bertz CT molecular complexity index is 305.